The lowest BCUT2D eigenvalue weighted by Crippen LogP contribution is -2.42. The van der Waals surface area contributed by atoms with E-state index in [-0.39, 0.29) is 0 Å². The van der Waals surface area contributed by atoms with E-state index in [1.807, 2.05) is 0 Å². The molecule has 10 heteroatoms. The Kier molecular flexibility index (Phi) is 2.64. The molecule has 0 N–H and O–H groups in total. The molecule has 91 valence electrons. The van der Waals surface area contributed by atoms with Gasteiger partial charge >= 0.3 is 18.3 Å². The molecule has 1 heterocycles. The van der Waals surface area contributed by atoms with Crippen molar-refractivity contribution < 1.29 is 35.1 Å². The normalized spacial score (nSPS) is 18.0. The summed E-state index contributed by atoms with van der Waals surface area (Å²) in [4.78, 5) is 0. The Hall–Kier alpha value is -1.35. The minimum atomic E-state index is -6.01. The van der Waals surface area contributed by atoms with Gasteiger partial charge in [0.05, 0.1) is 0 Å². The SMILES string of the molecule is FC(F)(F)C1=CC(C(F)(F)C(F)(F)F)=N[N]1. The zero-order valence-electron chi connectivity index (χ0n) is 7.00. The number of halogens is 8. The molecule has 0 unspecified atom stereocenters. The number of allylic oxidation sites excluding steroid dienone is 2. The first kappa shape index (κ1) is 12.7. The second kappa shape index (κ2) is 3.32. The lowest BCUT2D eigenvalue weighted by molar-refractivity contribution is -0.248. The third-order valence-corrected chi connectivity index (χ3v) is 1.51. The second-order valence-corrected chi connectivity index (χ2v) is 2.68. The molecule has 0 aromatic rings. The molecule has 0 aromatic carbocycles. The summed E-state index contributed by atoms with van der Waals surface area (Å²) in [5, 5.41) is 2.18. The van der Waals surface area contributed by atoms with Crippen LogP contribution in [0.3, 0.4) is 0 Å². The van der Waals surface area contributed by atoms with Crippen LogP contribution in [0.5, 0.6) is 0 Å². The molecule has 16 heavy (non-hydrogen) atoms. The number of hydrogen-bond acceptors (Lipinski definition) is 1. The van der Waals surface area contributed by atoms with Gasteiger partial charge in [-0.3, -0.25) is 0 Å². The van der Waals surface area contributed by atoms with Crippen molar-refractivity contribution in [1.29, 1.82) is 0 Å². The van der Waals surface area contributed by atoms with Crippen molar-refractivity contribution in [3.05, 3.63) is 11.8 Å². The average molecular weight is 253 g/mol. The molecule has 0 bridgehead atoms. The summed E-state index contributed by atoms with van der Waals surface area (Å²) >= 11 is 0. The summed E-state index contributed by atoms with van der Waals surface area (Å²) in [7, 11) is 0. The van der Waals surface area contributed by atoms with Gasteiger partial charge in [-0.15, -0.1) is 10.5 Å². The number of alkyl halides is 8. The largest absolute Gasteiger partial charge is 0.459 e. The predicted molar refractivity (Wildman–Crippen MR) is 34.7 cm³/mol. The van der Waals surface area contributed by atoms with Gasteiger partial charge in [-0.05, 0) is 0 Å². The highest BCUT2D eigenvalue weighted by Crippen LogP contribution is 2.39. The molecule has 0 saturated carbocycles. The van der Waals surface area contributed by atoms with Gasteiger partial charge in [-0.1, -0.05) is 0 Å². The predicted octanol–water partition coefficient (Wildman–Crippen LogP) is 2.60. The van der Waals surface area contributed by atoms with Crippen molar-refractivity contribution in [1.82, 2.24) is 5.43 Å². The van der Waals surface area contributed by atoms with Gasteiger partial charge in [0, 0.05) is 6.08 Å². The third-order valence-electron chi connectivity index (χ3n) is 1.51. The molecular weight excluding hydrogens is 252 g/mol. The van der Waals surface area contributed by atoms with E-state index < -0.39 is 35.8 Å². The zero-order chi connectivity index (χ0) is 12.8. The van der Waals surface area contributed by atoms with Crippen molar-refractivity contribution in [2.45, 2.75) is 18.3 Å². The van der Waals surface area contributed by atoms with Crippen LogP contribution in [-0.4, -0.2) is 24.0 Å². The van der Waals surface area contributed by atoms with E-state index in [0.29, 0.717) is 0 Å². The quantitative estimate of drug-likeness (QED) is 0.642. The first-order chi connectivity index (χ1) is 6.96. The Balaban J connectivity index is 2.99. The van der Waals surface area contributed by atoms with Gasteiger partial charge < -0.3 is 0 Å². The summed E-state index contributed by atoms with van der Waals surface area (Å²) in [6, 6.07) is 0. The minimum absolute atomic E-state index is 0.437. The summed E-state index contributed by atoms with van der Waals surface area (Å²) in [5.74, 6) is -5.45. The van der Waals surface area contributed by atoms with E-state index in [0.717, 1.165) is 0 Å². The molecule has 0 aliphatic carbocycles. The van der Waals surface area contributed by atoms with E-state index in [2.05, 4.69) is 10.5 Å². The molecule has 1 rings (SSSR count). The highest BCUT2D eigenvalue weighted by atomic mass is 19.4. The second-order valence-electron chi connectivity index (χ2n) is 2.68. The molecule has 0 spiro atoms. The van der Waals surface area contributed by atoms with E-state index in [4.69, 9.17) is 0 Å². The monoisotopic (exact) mass is 253 g/mol. The average Bonchev–Trinajstić information content (AvgIpc) is 2.47. The fourth-order valence-electron chi connectivity index (χ4n) is 0.732. The molecular formula is C6HF8N2. The molecule has 0 saturated heterocycles. The molecule has 0 amide bonds. The van der Waals surface area contributed by atoms with Crippen molar-refractivity contribution in [2.75, 3.05) is 0 Å². The Bertz CT molecular complexity index is 347. The van der Waals surface area contributed by atoms with Crippen LogP contribution in [0, 0.1) is 0 Å². The van der Waals surface area contributed by atoms with E-state index in [1.165, 1.54) is 0 Å². The topological polar surface area (TPSA) is 26.5 Å². The fraction of sp³-hybridized carbons (Fsp3) is 0.500. The maximum absolute atomic E-state index is 12.5. The van der Waals surface area contributed by atoms with E-state index in [9.17, 15) is 35.1 Å². The van der Waals surface area contributed by atoms with Crippen LogP contribution in [0.2, 0.25) is 0 Å². The van der Waals surface area contributed by atoms with Gasteiger partial charge in [0.15, 0.2) is 5.70 Å². The third kappa shape index (κ3) is 2.09. The van der Waals surface area contributed by atoms with Crippen LogP contribution in [0.15, 0.2) is 16.9 Å². The van der Waals surface area contributed by atoms with Crippen LogP contribution in [-0.2, 0) is 0 Å². The fourth-order valence-corrected chi connectivity index (χ4v) is 0.732. The van der Waals surface area contributed by atoms with Gasteiger partial charge in [0.1, 0.15) is 5.71 Å². The smallest absolute Gasteiger partial charge is 0.189 e. The molecule has 1 radical (unpaired) electrons. The van der Waals surface area contributed by atoms with E-state index >= 15 is 0 Å². The van der Waals surface area contributed by atoms with Crippen molar-refractivity contribution in [2.24, 2.45) is 5.10 Å². The van der Waals surface area contributed by atoms with Crippen LogP contribution in [0.25, 0.3) is 0 Å². The molecule has 2 nitrogen and oxygen atoms in total. The summed E-state index contributed by atoms with van der Waals surface area (Å²) in [6.07, 6.45) is -11.6. The van der Waals surface area contributed by atoms with Crippen LogP contribution in [0.1, 0.15) is 0 Å². The highest BCUT2D eigenvalue weighted by molar-refractivity contribution is 6.02. The maximum Gasteiger partial charge on any atom is 0.459 e. The Morgan fingerprint density at radius 3 is 1.69 bits per heavy atom. The minimum Gasteiger partial charge on any atom is -0.189 e. The summed E-state index contributed by atoms with van der Waals surface area (Å²) in [5.41, 5.74) is -1.76. The lowest BCUT2D eigenvalue weighted by atomic mass is 10.2. The van der Waals surface area contributed by atoms with Crippen molar-refractivity contribution in [3.63, 3.8) is 0 Å². The highest BCUT2D eigenvalue weighted by Gasteiger charge is 2.62. The van der Waals surface area contributed by atoms with Crippen LogP contribution >= 0.6 is 0 Å². The number of hydrogen-bond donors (Lipinski definition) is 0. The van der Waals surface area contributed by atoms with Gasteiger partial charge in [-0.25, -0.2) is 0 Å². The van der Waals surface area contributed by atoms with Crippen LogP contribution < -0.4 is 5.43 Å². The van der Waals surface area contributed by atoms with E-state index in [1.54, 1.807) is 0 Å². The summed E-state index contributed by atoms with van der Waals surface area (Å²) < 4.78 is 95.7. The Morgan fingerprint density at radius 1 is 0.875 bits per heavy atom. The molecule has 0 fully saturated rings. The number of nitrogens with zero attached hydrogens (tertiary/aromatic N) is 2. The van der Waals surface area contributed by atoms with Gasteiger partial charge in [0.25, 0.3) is 0 Å². The first-order valence-corrected chi connectivity index (χ1v) is 3.49. The maximum atomic E-state index is 12.5. The Labute approximate surface area is 82.6 Å². The summed E-state index contributed by atoms with van der Waals surface area (Å²) in [6.45, 7) is 0. The molecule has 1 aliphatic rings. The van der Waals surface area contributed by atoms with Gasteiger partial charge in [0.2, 0.25) is 0 Å². The Morgan fingerprint density at radius 2 is 1.38 bits per heavy atom. The van der Waals surface area contributed by atoms with Crippen LogP contribution in [0.4, 0.5) is 35.1 Å². The van der Waals surface area contributed by atoms with Crippen molar-refractivity contribution in [3.8, 4) is 0 Å². The van der Waals surface area contributed by atoms with Crippen molar-refractivity contribution >= 4 is 5.71 Å². The van der Waals surface area contributed by atoms with Gasteiger partial charge in [-0.2, -0.15) is 35.1 Å². The zero-order valence-corrected chi connectivity index (χ0v) is 7.00. The molecule has 0 atom stereocenters. The molecule has 0 aromatic heterocycles. The number of rotatable bonds is 1. The lowest BCUT2D eigenvalue weighted by Gasteiger charge is -2.17. The standard InChI is InChI=1S/C6HF8N2/c7-4(8,6(12,13)14)2-1-3(16-15-2)5(9,10)11/h1H. The molecule has 1 aliphatic heterocycles. The first-order valence-electron chi connectivity index (χ1n) is 3.49.